The number of hydrogen-bond donors (Lipinski definition) is 2. The summed E-state index contributed by atoms with van der Waals surface area (Å²) in [6.07, 6.45) is 1.55. The standard InChI is InChI=1S/C11H17FN2O2S/c1-3-4-8(2)14-17(15,16)11-7-9(13)5-6-10(11)12/h5-8,14H,3-4,13H2,1-2H3. The first-order valence-electron chi connectivity index (χ1n) is 5.44. The number of hydrogen-bond acceptors (Lipinski definition) is 3. The molecule has 0 aliphatic rings. The van der Waals surface area contributed by atoms with Gasteiger partial charge in [-0.1, -0.05) is 13.3 Å². The fraction of sp³-hybridized carbons (Fsp3) is 0.455. The SMILES string of the molecule is CCCC(C)NS(=O)(=O)c1cc(N)ccc1F. The van der Waals surface area contributed by atoms with Gasteiger partial charge in [-0.2, -0.15) is 0 Å². The molecular formula is C11H17FN2O2S. The highest BCUT2D eigenvalue weighted by molar-refractivity contribution is 7.89. The number of rotatable bonds is 5. The lowest BCUT2D eigenvalue weighted by atomic mass is 10.2. The van der Waals surface area contributed by atoms with Gasteiger partial charge in [0.25, 0.3) is 0 Å². The Morgan fingerprint density at radius 3 is 2.71 bits per heavy atom. The Labute approximate surface area is 101 Å². The van der Waals surface area contributed by atoms with Crippen LogP contribution < -0.4 is 10.5 Å². The summed E-state index contributed by atoms with van der Waals surface area (Å²) >= 11 is 0. The molecule has 0 aromatic heterocycles. The summed E-state index contributed by atoms with van der Waals surface area (Å²) in [4.78, 5) is -0.402. The number of nitrogens with one attached hydrogen (secondary N) is 1. The molecule has 17 heavy (non-hydrogen) atoms. The van der Waals surface area contributed by atoms with Crippen LogP contribution in [0, 0.1) is 5.82 Å². The van der Waals surface area contributed by atoms with E-state index in [2.05, 4.69) is 4.72 Å². The van der Waals surface area contributed by atoms with E-state index in [1.807, 2.05) is 6.92 Å². The van der Waals surface area contributed by atoms with E-state index in [1.54, 1.807) is 6.92 Å². The molecule has 1 aromatic rings. The largest absolute Gasteiger partial charge is 0.399 e. The maximum Gasteiger partial charge on any atom is 0.243 e. The third-order valence-electron chi connectivity index (χ3n) is 2.32. The van der Waals surface area contributed by atoms with Gasteiger partial charge in [-0.05, 0) is 31.5 Å². The molecule has 1 atom stereocenters. The fourth-order valence-corrected chi connectivity index (χ4v) is 2.94. The van der Waals surface area contributed by atoms with E-state index in [0.717, 1.165) is 18.6 Å². The molecular weight excluding hydrogens is 243 g/mol. The summed E-state index contributed by atoms with van der Waals surface area (Å²) in [5.41, 5.74) is 5.67. The Morgan fingerprint density at radius 2 is 2.12 bits per heavy atom. The van der Waals surface area contributed by atoms with Gasteiger partial charge < -0.3 is 5.73 Å². The first-order chi connectivity index (χ1) is 7.86. The Morgan fingerprint density at radius 1 is 1.47 bits per heavy atom. The topological polar surface area (TPSA) is 72.2 Å². The van der Waals surface area contributed by atoms with Crippen molar-refractivity contribution in [1.82, 2.24) is 4.72 Å². The highest BCUT2D eigenvalue weighted by Gasteiger charge is 2.21. The molecule has 0 aliphatic carbocycles. The molecule has 0 fully saturated rings. The zero-order chi connectivity index (χ0) is 13.1. The molecule has 1 unspecified atom stereocenters. The lowest BCUT2D eigenvalue weighted by Crippen LogP contribution is -2.33. The lowest BCUT2D eigenvalue weighted by Gasteiger charge is -2.13. The van der Waals surface area contributed by atoms with Crippen LogP contribution in [0.4, 0.5) is 10.1 Å². The molecule has 0 radical (unpaired) electrons. The molecule has 0 spiro atoms. The second-order valence-corrected chi connectivity index (χ2v) is 5.68. The predicted octanol–water partition coefficient (Wildman–Crippen LogP) is 1.87. The van der Waals surface area contributed by atoms with Crippen LogP contribution in [0.15, 0.2) is 23.1 Å². The minimum atomic E-state index is -3.84. The molecule has 0 aliphatic heterocycles. The molecule has 0 amide bonds. The zero-order valence-corrected chi connectivity index (χ0v) is 10.7. The van der Waals surface area contributed by atoms with Crippen LogP contribution in [0.25, 0.3) is 0 Å². The third kappa shape index (κ3) is 3.67. The van der Waals surface area contributed by atoms with E-state index in [4.69, 9.17) is 5.73 Å². The van der Waals surface area contributed by atoms with Crippen molar-refractivity contribution in [3.8, 4) is 0 Å². The average molecular weight is 260 g/mol. The van der Waals surface area contributed by atoms with Gasteiger partial charge in [-0.25, -0.2) is 17.5 Å². The van der Waals surface area contributed by atoms with Gasteiger partial charge in [0.1, 0.15) is 10.7 Å². The van der Waals surface area contributed by atoms with Gasteiger partial charge in [0.05, 0.1) is 0 Å². The monoisotopic (exact) mass is 260 g/mol. The van der Waals surface area contributed by atoms with Crippen molar-refractivity contribution in [3.05, 3.63) is 24.0 Å². The Balaban J connectivity index is 3.01. The molecule has 1 aromatic carbocycles. The third-order valence-corrected chi connectivity index (χ3v) is 3.93. The van der Waals surface area contributed by atoms with Gasteiger partial charge in [0.2, 0.25) is 10.0 Å². The summed E-state index contributed by atoms with van der Waals surface area (Å²) in [6.45, 7) is 3.69. The van der Waals surface area contributed by atoms with Crippen molar-refractivity contribution < 1.29 is 12.8 Å². The van der Waals surface area contributed by atoms with E-state index in [-0.39, 0.29) is 11.7 Å². The van der Waals surface area contributed by atoms with Gasteiger partial charge in [0.15, 0.2) is 0 Å². The van der Waals surface area contributed by atoms with Crippen LogP contribution in [0.5, 0.6) is 0 Å². The molecule has 4 nitrogen and oxygen atoms in total. The molecule has 3 N–H and O–H groups in total. The van der Waals surface area contributed by atoms with Gasteiger partial charge in [-0.3, -0.25) is 0 Å². The predicted molar refractivity (Wildman–Crippen MR) is 65.5 cm³/mol. The van der Waals surface area contributed by atoms with E-state index in [9.17, 15) is 12.8 Å². The van der Waals surface area contributed by atoms with Crippen LogP contribution in [0.1, 0.15) is 26.7 Å². The molecule has 0 heterocycles. The van der Waals surface area contributed by atoms with Crippen molar-refractivity contribution >= 4 is 15.7 Å². The maximum atomic E-state index is 13.4. The quantitative estimate of drug-likeness (QED) is 0.794. The highest BCUT2D eigenvalue weighted by atomic mass is 32.2. The van der Waals surface area contributed by atoms with Crippen molar-refractivity contribution in [1.29, 1.82) is 0 Å². The first-order valence-corrected chi connectivity index (χ1v) is 6.92. The summed E-state index contributed by atoms with van der Waals surface area (Å²) in [6, 6.07) is 3.26. The minimum absolute atomic E-state index is 0.218. The molecule has 1 rings (SSSR count). The van der Waals surface area contributed by atoms with Crippen LogP contribution in [0.3, 0.4) is 0 Å². The zero-order valence-electron chi connectivity index (χ0n) is 9.90. The highest BCUT2D eigenvalue weighted by Crippen LogP contribution is 2.18. The summed E-state index contributed by atoms with van der Waals surface area (Å²) in [5, 5.41) is 0. The van der Waals surface area contributed by atoms with E-state index in [1.165, 1.54) is 6.07 Å². The number of nitrogen functional groups attached to an aromatic ring is 1. The van der Waals surface area contributed by atoms with E-state index in [0.29, 0.717) is 6.42 Å². The van der Waals surface area contributed by atoms with Gasteiger partial charge in [0, 0.05) is 11.7 Å². The van der Waals surface area contributed by atoms with E-state index < -0.39 is 20.7 Å². The normalized spacial score (nSPS) is 13.6. The molecule has 6 heteroatoms. The van der Waals surface area contributed by atoms with Crippen molar-refractivity contribution in [2.24, 2.45) is 0 Å². The number of anilines is 1. The molecule has 0 saturated carbocycles. The van der Waals surface area contributed by atoms with Crippen LogP contribution in [0.2, 0.25) is 0 Å². The van der Waals surface area contributed by atoms with Crippen molar-refractivity contribution in [3.63, 3.8) is 0 Å². The molecule has 0 bridgehead atoms. The molecule has 0 saturated heterocycles. The Bertz CT molecular complexity index is 488. The minimum Gasteiger partial charge on any atom is -0.399 e. The number of benzene rings is 1. The second-order valence-electron chi connectivity index (χ2n) is 4.00. The smallest absolute Gasteiger partial charge is 0.243 e. The average Bonchev–Trinajstić information content (AvgIpc) is 2.21. The van der Waals surface area contributed by atoms with Crippen LogP contribution in [-0.2, 0) is 10.0 Å². The summed E-state index contributed by atoms with van der Waals surface area (Å²) in [5.74, 6) is -0.796. The van der Waals surface area contributed by atoms with E-state index >= 15 is 0 Å². The maximum absolute atomic E-state index is 13.4. The van der Waals surface area contributed by atoms with Gasteiger partial charge >= 0.3 is 0 Å². The Kier molecular flexibility index (Phi) is 4.47. The number of sulfonamides is 1. The number of nitrogens with two attached hydrogens (primary N) is 1. The summed E-state index contributed by atoms with van der Waals surface area (Å²) in [7, 11) is -3.84. The summed E-state index contributed by atoms with van der Waals surface area (Å²) < 4.78 is 39.6. The van der Waals surface area contributed by atoms with Crippen molar-refractivity contribution in [2.45, 2.75) is 37.6 Å². The second kappa shape index (κ2) is 5.46. The fourth-order valence-electron chi connectivity index (χ4n) is 1.55. The lowest BCUT2D eigenvalue weighted by molar-refractivity contribution is 0.531. The van der Waals surface area contributed by atoms with Crippen LogP contribution in [-0.4, -0.2) is 14.5 Å². The number of halogens is 1. The molecule has 96 valence electrons. The van der Waals surface area contributed by atoms with Gasteiger partial charge in [-0.15, -0.1) is 0 Å². The van der Waals surface area contributed by atoms with Crippen LogP contribution >= 0.6 is 0 Å². The van der Waals surface area contributed by atoms with Crippen molar-refractivity contribution in [2.75, 3.05) is 5.73 Å². The Hall–Kier alpha value is -1.14. The first kappa shape index (κ1) is 13.9.